The van der Waals surface area contributed by atoms with Crippen LogP contribution in [-0.4, -0.2) is 43.8 Å². The highest BCUT2D eigenvalue weighted by atomic mass is 79.9. The number of nitrogens with one attached hydrogen (secondary N) is 1. The van der Waals surface area contributed by atoms with Crippen LogP contribution in [0, 0.1) is 13.8 Å². The van der Waals surface area contributed by atoms with Gasteiger partial charge < -0.3 is 10.2 Å². The van der Waals surface area contributed by atoms with Gasteiger partial charge in [-0.25, -0.2) is 8.42 Å². The summed E-state index contributed by atoms with van der Waals surface area (Å²) in [5, 5.41) is 3.13. The van der Waals surface area contributed by atoms with Crippen LogP contribution in [0.4, 0.5) is 5.69 Å². The van der Waals surface area contributed by atoms with E-state index in [1.54, 1.807) is 55.5 Å². The number of aryl methyl sites for hydroxylation is 2. The second kappa shape index (κ2) is 13.7. The molecule has 3 aromatic carbocycles. The SMILES string of the molecule is Cc1ccc(CN(C(=O)CN(c2cccc(Br)c2)S(=O)(=O)c2ccc(C)cc2)[C@@H](C)C(=O)NC2CCCCC2)cc1. The van der Waals surface area contributed by atoms with Gasteiger partial charge in [-0.2, -0.15) is 0 Å². The molecule has 0 heterocycles. The molecule has 7 nitrogen and oxygen atoms in total. The Morgan fingerprint density at radius 3 is 2.15 bits per heavy atom. The predicted octanol–water partition coefficient (Wildman–Crippen LogP) is 6.13. The van der Waals surface area contributed by atoms with Gasteiger partial charge >= 0.3 is 0 Å². The lowest BCUT2D eigenvalue weighted by Crippen LogP contribution is -2.53. The van der Waals surface area contributed by atoms with Crippen molar-refractivity contribution in [2.75, 3.05) is 10.8 Å². The van der Waals surface area contributed by atoms with E-state index in [1.165, 1.54) is 11.3 Å². The van der Waals surface area contributed by atoms with Crippen LogP contribution in [0.5, 0.6) is 0 Å². The van der Waals surface area contributed by atoms with Gasteiger partial charge in [-0.1, -0.05) is 88.8 Å². The number of hydrogen-bond acceptors (Lipinski definition) is 4. The molecule has 2 amide bonds. The van der Waals surface area contributed by atoms with Crippen molar-refractivity contribution in [2.45, 2.75) is 76.4 Å². The minimum absolute atomic E-state index is 0.0871. The molecule has 1 fully saturated rings. The molecule has 0 bridgehead atoms. The molecule has 0 aromatic heterocycles. The fraction of sp³-hybridized carbons (Fsp3) is 0.375. The predicted molar refractivity (Wildman–Crippen MR) is 166 cm³/mol. The van der Waals surface area contributed by atoms with Gasteiger partial charge in [0.15, 0.2) is 0 Å². The van der Waals surface area contributed by atoms with Crippen molar-refractivity contribution < 1.29 is 18.0 Å². The minimum atomic E-state index is -4.10. The number of halogens is 1. The number of carbonyl (C=O) groups excluding carboxylic acids is 2. The number of benzene rings is 3. The van der Waals surface area contributed by atoms with E-state index in [-0.39, 0.29) is 23.4 Å². The number of rotatable bonds is 10. The summed E-state index contributed by atoms with van der Waals surface area (Å²) in [4.78, 5) is 29.1. The number of sulfonamides is 1. The summed E-state index contributed by atoms with van der Waals surface area (Å²) >= 11 is 3.43. The minimum Gasteiger partial charge on any atom is -0.352 e. The van der Waals surface area contributed by atoms with Crippen LogP contribution in [0.1, 0.15) is 55.7 Å². The Bertz CT molecular complexity index is 1450. The maximum atomic E-state index is 14.1. The first-order valence-electron chi connectivity index (χ1n) is 14.0. The van der Waals surface area contributed by atoms with Gasteiger partial charge in [0.2, 0.25) is 11.8 Å². The maximum absolute atomic E-state index is 14.1. The molecule has 0 unspecified atom stereocenters. The molecule has 9 heteroatoms. The summed E-state index contributed by atoms with van der Waals surface area (Å²) in [6.45, 7) is 5.30. The van der Waals surface area contributed by atoms with E-state index in [2.05, 4.69) is 21.2 Å². The van der Waals surface area contributed by atoms with E-state index >= 15 is 0 Å². The molecule has 218 valence electrons. The molecule has 1 aliphatic carbocycles. The van der Waals surface area contributed by atoms with Crippen molar-refractivity contribution in [2.24, 2.45) is 0 Å². The molecule has 4 rings (SSSR count). The average Bonchev–Trinajstić information content (AvgIpc) is 2.95. The van der Waals surface area contributed by atoms with E-state index in [0.717, 1.165) is 46.7 Å². The van der Waals surface area contributed by atoms with Crippen LogP contribution < -0.4 is 9.62 Å². The first-order chi connectivity index (χ1) is 19.5. The Hall–Kier alpha value is -3.17. The second-order valence-corrected chi connectivity index (χ2v) is 13.6. The van der Waals surface area contributed by atoms with Crippen molar-refractivity contribution >= 4 is 43.5 Å². The monoisotopic (exact) mass is 639 g/mol. The lowest BCUT2D eigenvalue weighted by Gasteiger charge is -2.33. The van der Waals surface area contributed by atoms with E-state index in [0.29, 0.717) is 10.2 Å². The van der Waals surface area contributed by atoms with Crippen LogP contribution >= 0.6 is 15.9 Å². The quantitative estimate of drug-likeness (QED) is 0.289. The number of hydrogen-bond donors (Lipinski definition) is 1. The summed E-state index contributed by atoms with van der Waals surface area (Å²) in [7, 11) is -4.10. The largest absolute Gasteiger partial charge is 0.352 e. The van der Waals surface area contributed by atoms with E-state index in [1.807, 2.05) is 38.1 Å². The number of amides is 2. The Kier molecular flexibility index (Phi) is 10.3. The average molecular weight is 641 g/mol. The third-order valence-corrected chi connectivity index (χ3v) is 9.86. The van der Waals surface area contributed by atoms with Crippen molar-refractivity contribution in [3.63, 3.8) is 0 Å². The molecule has 1 saturated carbocycles. The number of anilines is 1. The number of carbonyl (C=O) groups is 2. The van der Waals surface area contributed by atoms with Crippen molar-refractivity contribution in [3.05, 3.63) is 94.0 Å². The lowest BCUT2D eigenvalue weighted by atomic mass is 9.95. The zero-order valence-corrected chi connectivity index (χ0v) is 26.2. The molecule has 3 aromatic rings. The van der Waals surface area contributed by atoms with E-state index in [4.69, 9.17) is 0 Å². The summed E-state index contributed by atoms with van der Waals surface area (Å²) in [6.07, 6.45) is 5.17. The topological polar surface area (TPSA) is 86.8 Å². The summed E-state index contributed by atoms with van der Waals surface area (Å²) < 4.78 is 29.7. The molecular weight excluding hydrogens is 602 g/mol. The van der Waals surface area contributed by atoms with Gasteiger partial charge in [-0.15, -0.1) is 0 Å². The van der Waals surface area contributed by atoms with Gasteiger partial charge in [0, 0.05) is 17.1 Å². The summed E-state index contributed by atoms with van der Waals surface area (Å²) in [5.41, 5.74) is 3.22. The van der Waals surface area contributed by atoms with Gasteiger partial charge in [-0.05, 0) is 69.5 Å². The maximum Gasteiger partial charge on any atom is 0.264 e. The Morgan fingerprint density at radius 1 is 0.927 bits per heavy atom. The molecule has 0 aliphatic heterocycles. The zero-order chi connectivity index (χ0) is 29.6. The molecule has 0 radical (unpaired) electrons. The van der Waals surface area contributed by atoms with Gasteiger partial charge in [0.25, 0.3) is 10.0 Å². The van der Waals surface area contributed by atoms with Crippen LogP contribution in [-0.2, 0) is 26.2 Å². The molecule has 0 saturated heterocycles. The Labute approximate surface area is 252 Å². The molecule has 41 heavy (non-hydrogen) atoms. The molecule has 0 spiro atoms. The zero-order valence-electron chi connectivity index (χ0n) is 23.8. The van der Waals surface area contributed by atoms with Gasteiger partial charge in [-0.3, -0.25) is 13.9 Å². The third kappa shape index (κ3) is 7.98. The van der Waals surface area contributed by atoms with Crippen molar-refractivity contribution in [1.29, 1.82) is 0 Å². The summed E-state index contributed by atoms with van der Waals surface area (Å²) in [6, 6.07) is 20.5. The van der Waals surface area contributed by atoms with Crippen LogP contribution in [0.2, 0.25) is 0 Å². The lowest BCUT2D eigenvalue weighted by molar-refractivity contribution is -0.139. The fourth-order valence-electron chi connectivity index (χ4n) is 5.04. The van der Waals surface area contributed by atoms with Crippen LogP contribution in [0.15, 0.2) is 82.2 Å². The first-order valence-corrected chi connectivity index (χ1v) is 16.3. The molecule has 1 N–H and O–H groups in total. The Morgan fingerprint density at radius 2 is 1.54 bits per heavy atom. The Balaban J connectivity index is 1.67. The van der Waals surface area contributed by atoms with E-state index < -0.39 is 28.5 Å². The standard InChI is InChI=1S/C32H38BrN3O4S/c1-23-12-16-26(17-13-23)21-35(25(3)32(38)34-28-9-5-4-6-10-28)31(37)22-36(29-11-7-8-27(33)20-29)41(39,40)30-18-14-24(2)15-19-30/h7-8,11-20,25,28H,4-6,9-10,21-22H2,1-3H3,(H,34,38)/t25-/m0/s1. The molecule has 1 atom stereocenters. The molecule has 1 aliphatic rings. The summed E-state index contributed by atoms with van der Waals surface area (Å²) in [5.74, 6) is -0.694. The third-order valence-electron chi connectivity index (χ3n) is 7.58. The smallest absolute Gasteiger partial charge is 0.264 e. The van der Waals surface area contributed by atoms with Crippen molar-refractivity contribution in [3.8, 4) is 0 Å². The fourth-order valence-corrected chi connectivity index (χ4v) is 6.83. The number of nitrogens with zero attached hydrogens (tertiary/aromatic N) is 2. The highest BCUT2D eigenvalue weighted by Crippen LogP contribution is 2.27. The van der Waals surface area contributed by atoms with Crippen molar-refractivity contribution in [1.82, 2.24) is 10.2 Å². The van der Waals surface area contributed by atoms with Gasteiger partial charge in [0.1, 0.15) is 12.6 Å². The van der Waals surface area contributed by atoms with Crippen LogP contribution in [0.3, 0.4) is 0 Å². The highest BCUT2D eigenvalue weighted by molar-refractivity contribution is 9.10. The highest BCUT2D eigenvalue weighted by Gasteiger charge is 2.33. The normalized spacial score (nSPS) is 14.7. The van der Waals surface area contributed by atoms with E-state index in [9.17, 15) is 18.0 Å². The second-order valence-electron chi connectivity index (χ2n) is 10.8. The first kappa shape index (κ1) is 30.8. The van der Waals surface area contributed by atoms with Crippen LogP contribution in [0.25, 0.3) is 0 Å². The molecular formula is C32H38BrN3O4S. The van der Waals surface area contributed by atoms with Gasteiger partial charge in [0.05, 0.1) is 10.6 Å².